The molecule has 0 atom stereocenters. The second-order valence-electron chi connectivity index (χ2n) is 7.80. The normalized spacial score (nSPS) is 10.9. The summed E-state index contributed by atoms with van der Waals surface area (Å²) < 4.78 is 2.13. The third-order valence-corrected chi connectivity index (χ3v) is 6.27. The number of aromatic nitrogens is 3. The van der Waals surface area contributed by atoms with Crippen molar-refractivity contribution in [1.82, 2.24) is 19.9 Å². The maximum Gasteiger partial charge on any atom is 0.253 e. The van der Waals surface area contributed by atoms with Crippen molar-refractivity contribution in [3.63, 3.8) is 0 Å². The molecule has 6 heteroatoms. The smallest absolute Gasteiger partial charge is 0.253 e. The van der Waals surface area contributed by atoms with E-state index >= 15 is 0 Å². The predicted molar refractivity (Wildman–Crippen MR) is 126 cm³/mol. The van der Waals surface area contributed by atoms with E-state index < -0.39 is 0 Å². The number of nitrogens with zero attached hydrogens (tertiary/aromatic N) is 3. The van der Waals surface area contributed by atoms with E-state index in [9.17, 15) is 4.79 Å². The Kier molecular flexibility index (Phi) is 6.28. The number of pyridine rings is 1. The second-order valence-corrected chi connectivity index (χ2v) is 9.09. The van der Waals surface area contributed by atoms with E-state index in [1.807, 2.05) is 25.5 Å². The molecule has 0 fully saturated rings. The van der Waals surface area contributed by atoms with Gasteiger partial charge in [0.15, 0.2) is 0 Å². The number of hydrogen-bond donors (Lipinski definition) is 1. The molecule has 0 saturated carbocycles. The lowest BCUT2D eigenvalue weighted by Crippen LogP contribution is -2.27. The van der Waals surface area contributed by atoms with Crippen LogP contribution in [0, 0.1) is 20.8 Å². The number of thiophene rings is 1. The molecule has 4 aromatic rings. The van der Waals surface area contributed by atoms with E-state index in [-0.39, 0.29) is 5.91 Å². The highest BCUT2D eigenvalue weighted by atomic mass is 32.1. The van der Waals surface area contributed by atoms with Gasteiger partial charge in [-0.25, -0.2) is 4.98 Å². The molecule has 0 spiro atoms. The Morgan fingerprint density at radius 1 is 1.10 bits per heavy atom. The third-order valence-electron chi connectivity index (χ3n) is 5.25. The lowest BCUT2D eigenvalue weighted by molar-refractivity contribution is 0.0953. The fourth-order valence-electron chi connectivity index (χ4n) is 3.61. The van der Waals surface area contributed by atoms with Crippen LogP contribution in [-0.2, 0) is 13.0 Å². The van der Waals surface area contributed by atoms with Gasteiger partial charge in [0.25, 0.3) is 5.91 Å². The summed E-state index contributed by atoms with van der Waals surface area (Å²) in [6.07, 6.45) is 6.11. The van der Waals surface area contributed by atoms with Crippen LogP contribution in [0.1, 0.15) is 37.6 Å². The molecule has 0 aliphatic carbocycles. The zero-order chi connectivity index (χ0) is 21.8. The summed E-state index contributed by atoms with van der Waals surface area (Å²) in [7, 11) is 0. The van der Waals surface area contributed by atoms with Crippen LogP contribution in [0.2, 0.25) is 0 Å². The number of benzene rings is 1. The lowest BCUT2D eigenvalue weighted by atomic mass is 10.1. The first-order valence-corrected chi connectivity index (χ1v) is 11.2. The second kappa shape index (κ2) is 9.27. The summed E-state index contributed by atoms with van der Waals surface area (Å²) in [6.45, 7) is 7.45. The van der Waals surface area contributed by atoms with Crippen LogP contribution in [-0.4, -0.2) is 27.0 Å². The average molecular weight is 431 g/mol. The van der Waals surface area contributed by atoms with Gasteiger partial charge in [-0.05, 0) is 50.1 Å². The van der Waals surface area contributed by atoms with Gasteiger partial charge in [0, 0.05) is 42.5 Å². The Hall–Kier alpha value is -3.25. The van der Waals surface area contributed by atoms with Gasteiger partial charge in [-0.15, -0.1) is 11.3 Å². The van der Waals surface area contributed by atoms with E-state index in [1.165, 1.54) is 16.0 Å². The Bertz CT molecular complexity index is 1210. The van der Waals surface area contributed by atoms with Gasteiger partial charge in [-0.3, -0.25) is 9.78 Å². The molecular formula is C25H26N4OS. The first-order valence-electron chi connectivity index (χ1n) is 10.4. The molecule has 1 amide bonds. The number of carbonyl (C=O) groups is 1. The molecule has 0 aliphatic heterocycles. The number of amides is 1. The highest BCUT2D eigenvalue weighted by Gasteiger charge is 2.12. The number of rotatable bonds is 7. The van der Waals surface area contributed by atoms with Crippen LogP contribution in [0.4, 0.5) is 0 Å². The van der Waals surface area contributed by atoms with Crippen LogP contribution < -0.4 is 5.32 Å². The van der Waals surface area contributed by atoms with E-state index in [0.717, 1.165) is 34.8 Å². The molecular weight excluding hydrogens is 404 g/mol. The molecule has 0 bridgehead atoms. The van der Waals surface area contributed by atoms with Crippen LogP contribution in [0.3, 0.4) is 0 Å². The highest BCUT2D eigenvalue weighted by Crippen LogP contribution is 2.27. The summed E-state index contributed by atoms with van der Waals surface area (Å²) in [4.78, 5) is 23.9. The Morgan fingerprint density at radius 2 is 1.97 bits per heavy atom. The fourth-order valence-corrected chi connectivity index (χ4v) is 4.44. The number of aryl methyl sites for hydroxylation is 3. The maximum absolute atomic E-state index is 12.7. The minimum absolute atomic E-state index is 0.0938. The monoisotopic (exact) mass is 430 g/mol. The highest BCUT2D eigenvalue weighted by molar-refractivity contribution is 7.15. The van der Waals surface area contributed by atoms with Crippen molar-refractivity contribution in [2.24, 2.45) is 0 Å². The van der Waals surface area contributed by atoms with Crippen LogP contribution >= 0.6 is 11.3 Å². The molecule has 3 heterocycles. The molecule has 158 valence electrons. The minimum Gasteiger partial charge on any atom is -0.352 e. The topological polar surface area (TPSA) is 59.8 Å². The van der Waals surface area contributed by atoms with Crippen LogP contribution in [0.25, 0.3) is 10.6 Å². The molecule has 0 aliphatic rings. The third kappa shape index (κ3) is 5.09. The van der Waals surface area contributed by atoms with Crippen molar-refractivity contribution in [3.05, 3.63) is 94.0 Å². The summed E-state index contributed by atoms with van der Waals surface area (Å²) in [5.41, 5.74) is 6.04. The summed E-state index contributed by atoms with van der Waals surface area (Å²) in [6, 6.07) is 14.6. The first kappa shape index (κ1) is 21.0. The Labute approximate surface area is 186 Å². The maximum atomic E-state index is 12.7. The van der Waals surface area contributed by atoms with Gasteiger partial charge in [0.2, 0.25) is 0 Å². The van der Waals surface area contributed by atoms with Gasteiger partial charge < -0.3 is 9.88 Å². The van der Waals surface area contributed by atoms with Gasteiger partial charge in [-0.2, -0.15) is 0 Å². The molecule has 1 aromatic carbocycles. The zero-order valence-electron chi connectivity index (χ0n) is 18.1. The predicted octanol–water partition coefficient (Wildman–Crippen LogP) is 4.95. The fraction of sp³-hybridized carbons (Fsp3) is 0.240. The van der Waals surface area contributed by atoms with E-state index in [4.69, 9.17) is 0 Å². The molecule has 0 saturated heterocycles. The van der Waals surface area contributed by atoms with Crippen LogP contribution in [0.15, 0.2) is 61.2 Å². The quantitative estimate of drug-likeness (QED) is 0.451. The van der Waals surface area contributed by atoms with Gasteiger partial charge in [0.1, 0.15) is 0 Å². The number of hydrogen-bond acceptors (Lipinski definition) is 4. The van der Waals surface area contributed by atoms with Gasteiger partial charge >= 0.3 is 0 Å². The summed E-state index contributed by atoms with van der Waals surface area (Å²) in [5, 5.41) is 3.02. The zero-order valence-corrected chi connectivity index (χ0v) is 18.9. The van der Waals surface area contributed by atoms with Crippen LogP contribution in [0.5, 0.6) is 0 Å². The van der Waals surface area contributed by atoms with E-state index in [2.05, 4.69) is 70.1 Å². The van der Waals surface area contributed by atoms with Crippen molar-refractivity contribution < 1.29 is 4.79 Å². The molecule has 4 rings (SSSR count). The lowest BCUT2D eigenvalue weighted by Gasteiger charge is -2.11. The summed E-state index contributed by atoms with van der Waals surface area (Å²) in [5.74, 6) is -0.0938. The standard InChI is InChI=1S/C25H26N4OS/c1-17-5-4-6-20(11-17)15-29-16-26-13-21(29)9-10-27-25(30)22-14-28-23(12-18(22)2)24-8-7-19(3)31-24/h4-8,11-14,16H,9-10,15H2,1-3H3,(H,27,30). The summed E-state index contributed by atoms with van der Waals surface area (Å²) >= 11 is 1.71. The van der Waals surface area contributed by atoms with Crippen molar-refractivity contribution >= 4 is 17.2 Å². The molecule has 1 N–H and O–H groups in total. The Morgan fingerprint density at radius 3 is 2.71 bits per heavy atom. The number of imidazole rings is 1. The van der Waals surface area contributed by atoms with Gasteiger partial charge in [-0.1, -0.05) is 29.8 Å². The number of carbonyl (C=O) groups excluding carboxylic acids is 1. The van der Waals surface area contributed by atoms with Crippen molar-refractivity contribution in [2.45, 2.75) is 33.7 Å². The molecule has 0 radical (unpaired) electrons. The SMILES string of the molecule is Cc1cccc(Cn2cncc2CCNC(=O)c2cnc(-c3ccc(C)s3)cc2C)c1. The molecule has 3 aromatic heterocycles. The van der Waals surface area contributed by atoms with Crippen molar-refractivity contribution in [2.75, 3.05) is 6.54 Å². The Balaban J connectivity index is 1.36. The van der Waals surface area contributed by atoms with Crippen molar-refractivity contribution in [3.8, 4) is 10.6 Å². The molecule has 0 unspecified atom stereocenters. The first-order chi connectivity index (χ1) is 15.0. The van der Waals surface area contributed by atoms with Crippen molar-refractivity contribution in [1.29, 1.82) is 0 Å². The molecule has 5 nitrogen and oxygen atoms in total. The minimum atomic E-state index is -0.0938. The van der Waals surface area contributed by atoms with Gasteiger partial charge in [0.05, 0.1) is 22.5 Å². The molecule has 31 heavy (non-hydrogen) atoms. The largest absolute Gasteiger partial charge is 0.352 e. The van der Waals surface area contributed by atoms with E-state index in [1.54, 1.807) is 17.5 Å². The average Bonchev–Trinajstić information content (AvgIpc) is 3.37. The van der Waals surface area contributed by atoms with E-state index in [0.29, 0.717) is 12.1 Å². The number of nitrogens with one attached hydrogen (secondary N) is 1.